The number of piperidine rings is 1. The summed E-state index contributed by atoms with van der Waals surface area (Å²) in [6.45, 7) is 5.16. The molecule has 2 heterocycles. The van der Waals surface area contributed by atoms with Gasteiger partial charge in [0.25, 0.3) is 0 Å². The molecule has 2 N–H and O–H groups in total. The number of aromatic nitrogens is 1. The zero-order valence-corrected chi connectivity index (χ0v) is 14.8. The van der Waals surface area contributed by atoms with Crippen molar-refractivity contribution in [2.24, 2.45) is 0 Å². The minimum Gasteiger partial charge on any atom is -0.356 e. The Hall–Kier alpha value is -2.56. The highest BCUT2D eigenvalue weighted by atomic mass is 16.2. The smallest absolute Gasteiger partial charge is 0.315 e. The lowest BCUT2D eigenvalue weighted by molar-refractivity contribution is 0.240. The Kier molecular flexibility index (Phi) is 5.88. The number of hydrogen-bond acceptors (Lipinski definition) is 3. The molecule has 1 aromatic heterocycles. The zero-order valence-electron chi connectivity index (χ0n) is 14.8. The van der Waals surface area contributed by atoms with Gasteiger partial charge >= 0.3 is 6.03 Å². The minimum atomic E-state index is -0.156. The van der Waals surface area contributed by atoms with Crippen LogP contribution in [-0.2, 0) is 13.1 Å². The van der Waals surface area contributed by atoms with Crippen LogP contribution in [0.25, 0.3) is 0 Å². The topological polar surface area (TPSA) is 57.3 Å². The van der Waals surface area contributed by atoms with E-state index in [1.54, 1.807) is 0 Å². The highest BCUT2D eigenvalue weighted by molar-refractivity contribution is 5.74. The summed E-state index contributed by atoms with van der Waals surface area (Å²) < 4.78 is 0. The Bertz CT molecular complexity index is 710. The van der Waals surface area contributed by atoms with Gasteiger partial charge in [-0.3, -0.25) is 0 Å². The first-order chi connectivity index (χ1) is 12.2. The van der Waals surface area contributed by atoms with Crippen molar-refractivity contribution in [2.45, 2.75) is 39.3 Å². The molecule has 1 aliphatic heterocycles. The molecule has 2 amide bonds. The van der Waals surface area contributed by atoms with Gasteiger partial charge in [0.2, 0.25) is 0 Å². The van der Waals surface area contributed by atoms with Gasteiger partial charge in [0, 0.05) is 37.9 Å². The highest BCUT2D eigenvalue weighted by Crippen LogP contribution is 2.21. The number of hydrogen-bond donors (Lipinski definition) is 2. The van der Waals surface area contributed by atoms with Crippen molar-refractivity contribution in [3.63, 3.8) is 0 Å². The predicted octanol–water partition coefficient (Wildman–Crippen LogP) is 3.38. The molecule has 0 atom stereocenters. The van der Waals surface area contributed by atoms with Gasteiger partial charge in [-0.2, -0.15) is 0 Å². The molecule has 5 nitrogen and oxygen atoms in total. The molecule has 1 saturated heterocycles. The second kappa shape index (κ2) is 8.51. The standard InChI is InChI=1S/C20H26N4O/c1-16-8-3-4-9-17(16)14-22-20(25)23-15-18-10-7-11-21-19(18)24-12-5-2-6-13-24/h3-4,7-11H,2,5-6,12-15H2,1H3,(H2,22,23,25). The van der Waals surface area contributed by atoms with Gasteiger partial charge in [0.05, 0.1) is 0 Å². The van der Waals surface area contributed by atoms with E-state index < -0.39 is 0 Å². The third-order valence-corrected chi connectivity index (χ3v) is 4.66. The quantitative estimate of drug-likeness (QED) is 0.879. The summed E-state index contributed by atoms with van der Waals surface area (Å²) in [6.07, 6.45) is 5.53. The lowest BCUT2D eigenvalue weighted by Gasteiger charge is -2.29. The molecule has 0 radical (unpaired) electrons. The second-order valence-corrected chi connectivity index (χ2v) is 6.50. The van der Waals surface area contributed by atoms with Gasteiger partial charge in [-0.15, -0.1) is 0 Å². The molecule has 1 aromatic carbocycles. The number of carbonyl (C=O) groups is 1. The molecule has 25 heavy (non-hydrogen) atoms. The van der Waals surface area contributed by atoms with E-state index in [1.165, 1.54) is 24.8 Å². The molecule has 1 aliphatic rings. The van der Waals surface area contributed by atoms with Gasteiger partial charge in [-0.05, 0) is 43.4 Å². The molecule has 5 heteroatoms. The van der Waals surface area contributed by atoms with E-state index in [0.29, 0.717) is 13.1 Å². The molecular formula is C20H26N4O. The summed E-state index contributed by atoms with van der Waals surface area (Å²) in [6, 6.07) is 11.9. The SMILES string of the molecule is Cc1ccccc1CNC(=O)NCc1cccnc1N1CCCCC1. The fourth-order valence-electron chi connectivity index (χ4n) is 3.18. The number of aryl methyl sites for hydroxylation is 1. The molecule has 0 unspecified atom stereocenters. The van der Waals surface area contributed by atoms with E-state index in [2.05, 4.69) is 33.5 Å². The van der Waals surface area contributed by atoms with E-state index in [-0.39, 0.29) is 6.03 Å². The van der Waals surface area contributed by atoms with Gasteiger partial charge in [0.15, 0.2) is 0 Å². The summed E-state index contributed by atoms with van der Waals surface area (Å²) in [5.41, 5.74) is 3.38. The normalized spacial score (nSPS) is 14.2. The molecule has 0 bridgehead atoms. The van der Waals surface area contributed by atoms with Gasteiger partial charge in [-0.1, -0.05) is 30.3 Å². The molecule has 3 rings (SSSR count). The lowest BCUT2D eigenvalue weighted by atomic mass is 10.1. The van der Waals surface area contributed by atoms with Gasteiger partial charge < -0.3 is 15.5 Å². The molecule has 0 saturated carbocycles. The van der Waals surface area contributed by atoms with Gasteiger partial charge in [-0.25, -0.2) is 9.78 Å². The van der Waals surface area contributed by atoms with Crippen LogP contribution in [-0.4, -0.2) is 24.1 Å². The Morgan fingerprint density at radius 2 is 1.68 bits per heavy atom. The first kappa shape index (κ1) is 17.3. The number of nitrogens with zero attached hydrogens (tertiary/aromatic N) is 2. The summed E-state index contributed by atoms with van der Waals surface area (Å²) in [4.78, 5) is 19.0. The van der Waals surface area contributed by atoms with Crippen LogP contribution in [0, 0.1) is 6.92 Å². The van der Waals surface area contributed by atoms with Crippen molar-refractivity contribution in [3.05, 3.63) is 59.3 Å². The predicted molar refractivity (Wildman–Crippen MR) is 101 cm³/mol. The van der Waals surface area contributed by atoms with Crippen LogP contribution in [0.5, 0.6) is 0 Å². The molecule has 1 fully saturated rings. The number of pyridine rings is 1. The largest absolute Gasteiger partial charge is 0.356 e. The maximum Gasteiger partial charge on any atom is 0.315 e. The number of urea groups is 1. The van der Waals surface area contributed by atoms with Crippen molar-refractivity contribution in [3.8, 4) is 0 Å². The third-order valence-electron chi connectivity index (χ3n) is 4.66. The maximum absolute atomic E-state index is 12.1. The van der Waals surface area contributed by atoms with Crippen LogP contribution in [0.3, 0.4) is 0 Å². The average Bonchev–Trinajstić information content (AvgIpc) is 2.66. The first-order valence-corrected chi connectivity index (χ1v) is 8.99. The number of nitrogens with one attached hydrogen (secondary N) is 2. The van der Waals surface area contributed by atoms with Crippen molar-refractivity contribution in [2.75, 3.05) is 18.0 Å². The third kappa shape index (κ3) is 4.72. The van der Waals surface area contributed by atoms with E-state index in [9.17, 15) is 4.79 Å². The van der Waals surface area contributed by atoms with Crippen molar-refractivity contribution in [1.82, 2.24) is 15.6 Å². The zero-order chi connectivity index (χ0) is 17.5. The van der Waals surface area contributed by atoms with Crippen LogP contribution in [0.1, 0.15) is 36.0 Å². The molecular weight excluding hydrogens is 312 g/mol. The van der Waals surface area contributed by atoms with Gasteiger partial charge in [0.1, 0.15) is 5.82 Å². The van der Waals surface area contributed by atoms with E-state index in [4.69, 9.17) is 0 Å². The monoisotopic (exact) mass is 338 g/mol. The lowest BCUT2D eigenvalue weighted by Crippen LogP contribution is -2.36. The number of rotatable bonds is 5. The van der Waals surface area contributed by atoms with Crippen LogP contribution in [0.2, 0.25) is 0 Å². The number of carbonyl (C=O) groups excluding carboxylic acids is 1. The fraction of sp³-hybridized carbons (Fsp3) is 0.400. The molecule has 0 aliphatic carbocycles. The van der Waals surface area contributed by atoms with Crippen molar-refractivity contribution in [1.29, 1.82) is 0 Å². The van der Waals surface area contributed by atoms with Crippen LogP contribution >= 0.6 is 0 Å². The van der Waals surface area contributed by atoms with Crippen molar-refractivity contribution >= 4 is 11.8 Å². The number of benzene rings is 1. The Morgan fingerprint density at radius 3 is 2.44 bits per heavy atom. The minimum absolute atomic E-state index is 0.156. The fourth-order valence-corrected chi connectivity index (χ4v) is 3.18. The summed E-state index contributed by atoms with van der Waals surface area (Å²) in [7, 11) is 0. The van der Waals surface area contributed by atoms with E-state index in [0.717, 1.165) is 30.0 Å². The molecule has 0 spiro atoms. The van der Waals surface area contributed by atoms with E-state index >= 15 is 0 Å². The summed E-state index contributed by atoms with van der Waals surface area (Å²) in [5, 5.41) is 5.88. The van der Waals surface area contributed by atoms with Crippen LogP contribution in [0.4, 0.5) is 10.6 Å². The van der Waals surface area contributed by atoms with Crippen molar-refractivity contribution < 1.29 is 4.79 Å². The average molecular weight is 338 g/mol. The van der Waals surface area contributed by atoms with E-state index in [1.807, 2.05) is 36.5 Å². The number of anilines is 1. The summed E-state index contributed by atoms with van der Waals surface area (Å²) in [5.74, 6) is 1.00. The maximum atomic E-state index is 12.1. The Balaban J connectivity index is 1.54. The van der Waals surface area contributed by atoms with Crippen LogP contribution < -0.4 is 15.5 Å². The number of amides is 2. The Labute approximate surface area is 149 Å². The highest BCUT2D eigenvalue weighted by Gasteiger charge is 2.15. The molecule has 2 aromatic rings. The summed E-state index contributed by atoms with van der Waals surface area (Å²) >= 11 is 0. The Morgan fingerprint density at radius 1 is 1.00 bits per heavy atom. The second-order valence-electron chi connectivity index (χ2n) is 6.50. The first-order valence-electron chi connectivity index (χ1n) is 8.99. The van der Waals surface area contributed by atoms with Crippen LogP contribution in [0.15, 0.2) is 42.6 Å². The molecule has 132 valence electrons.